The number of nitrogens with one attached hydrogen (secondary N) is 3. The molecule has 1 unspecified atom stereocenters. The molecule has 5 rings (SSSR count). The van der Waals surface area contributed by atoms with Crippen molar-refractivity contribution in [2.75, 3.05) is 34.8 Å². The molecule has 1 aromatic heterocycles. The number of ether oxygens (including phenoxy) is 1. The van der Waals surface area contributed by atoms with Gasteiger partial charge in [-0.15, -0.1) is 0 Å². The van der Waals surface area contributed by atoms with Crippen LogP contribution in [0.1, 0.15) is 68.6 Å². The average Bonchev–Trinajstić information content (AvgIpc) is 3.23. The number of carbonyl (C=O) groups is 2. The summed E-state index contributed by atoms with van der Waals surface area (Å²) in [5.41, 5.74) is 6.56. The lowest BCUT2D eigenvalue weighted by molar-refractivity contribution is -0.121. The van der Waals surface area contributed by atoms with Crippen molar-refractivity contribution in [1.82, 2.24) is 29.1 Å². The Balaban J connectivity index is 1.59. The van der Waals surface area contributed by atoms with E-state index in [0.717, 1.165) is 56.2 Å². The molecule has 1 aliphatic carbocycles. The van der Waals surface area contributed by atoms with Crippen molar-refractivity contribution >= 4 is 33.1 Å². The van der Waals surface area contributed by atoms with E-state index in [-0.39, 0.29) is 37.1 Å². The Kier molecular flexibility index (Phi) is 10.3. The van der Waals surface area contributed by atoms with Gasteiger partial charge in [0.05, 0.1) is 18.8 Å². The number of likely N-dealkylation sites (N-methyl/N-ethyl adjacent to an activating group) is 1. The molecule has 2 aliphatic rings. The van der Waals surface area contributed by atoms with Gasteiger partial charge < -0.3 is 24.8 Å². The van der Waals surface area contributed by atoms with Crippen molar-refractivity contribution in [1.29, 1.82) is 0 Å². The largest absolute Gasteiger partial charge is 0.497 e. The molecule has 46 heavy (non-hydrogen) atoms. The number of hydrogen-bond acceptors (Lipinski definition) is 5. The first-order valence-corrected chi connectivity index (χ1v) is 17.6. The summed E-state index contributed by atoms with van der Waals surface area (Å²) in [6, 6.07) is 11.8. The van der Waals surface area contributed by atoms with Crippen LogP contribution in [0.15, 0.2) is 36.4 Å². The fourth-order valence-electron chi connectivity index (χ4n) is 6.80. The minimum atomic E-state index is -3.59. The Morgan fingerprint density at radius 1 is 1.04 bits per heavy atom. The third kappa shape index (κ3) is 7.34. The average molecular weight is 653 g/mol. The van der Waals surface area contributed by atoms with Crippen LogP contribution in [0, 0.1) is 0 Å². The van der Waals surface area contributed by atoms with Crippen molar-refractivity contribution in [2.24, 2.45) is 0 Å². The van der Waals surface area contributed by atoms with Gasteiger partial charge >= 0.3 is 6.03 Å². The zero-order valence-corrected chi connectivity index (χ0v) is 28.7. The van der Waals surface area contributed by atoms with E-state index in [1.165, 1.54) is 43.8 Å². The highest BCUT2D eigenvalue weighted by atomic mass is 32.2. The molecular formula is C34H48N6O5S. The molecule has 0 saturated heterocycles. The minimum Gasteiger partial charge on any atom is -0.497 e. The summed E-state index contributed by atoms with van der Waals surface area (Å²) in [4.78, 5) is 27.2. The van der Waals surface area contributed by atoms with Crippen molar-refractivity contribution in [3.05, 3.63) is 53.1 Å². The molecule has 11 nitrogen and oxygen atoms in total. The van der Waals surface area contributed by atoms with Crippen LogP contribution in [0.5, 0.6) is 5.75 Å². The molecule has 12 heteroatoms. The summed E-state index contributed by atoms with van der Waals surface area (Å²) in [5, 5.41) is 7.22. The minimum absolute atomic E-state index is 0.0146. The van der Waals surface area contributed by atoms with E-state index in [4.69, 9.17) is 4.74 Å². The SMILES string of the molecule is COc1ccc2c(c1)CC(NC(=O)N(C)CC(=O)NC(C)C)Cn1c-2c(C2CCCCC2)c2ccc(CNS(=O)(=O)N(C)C)cc21. The monoisotopic (exact) mass is 652 g/mol. The maximum absolute atomic E-state index is 13.4. The van der Waals surface area contributed by atoms with Crippen LogP contribution < -0.4 is 20.1 Å². The van der Waals surface area contributed by atoms with Crippen LogP contribution >= 0.6 is 0 Å². The van der Waals surface area contributed by atoms with E-state index in [1.54, 1.807) is 14.2 Å². The molecule has 250 valence electrons. The summed E-state index contributed by atoms with van der Waals surface area (Å²) in [6.45, 7) is 4.40. The molecule has 0 bridgehead atoms. The molecule has 3 aromatic rings. The molecule has 0 radical (unpaired) electrons. The number of urea groups is 1. The number of hydrogen-bond donors (Lipinski definition) is 3. The second-order valence-electron chi connectivity index (χ2n) is 13.1. The smallest absolute Gasteiger partial charge is 0.317 e. The maximum Gasteiger partial charge on any atom is 0.317 e. The molecule has 1 saturated carbocycles. The third-order valence-corrected chi connectivity index (χ3v) is 10.5. The van der Waals surface area contributed by atoms with Crippen molar-refractivity contribution in [2.45, 2.75) is 83.5 Å². The Morgan fingerprint density at radius 3 is 2.46 bits per heavy atom. The Hall–Kier alpha value is -3.61. The predicted octanol–water partition coefficient (Wildman–Crippen LogP) is 4.35. The predicted molar refractivity (Wildman–Crippen MR) is 181 cm³/mol. The fourth-order valence-corrected chi connectivity index (χ4v) is 7.41. The number of fused-ring (bicyclic) bond motifs is 5. The van der Waals surface area contributed by atoms with E-state index in [2.05, 4.69) is 44.2 Å². The Morgan fingerprint density at radius 2 is 1.78 bits per heavy atom. The third-order valence-electron chi connectivity index (χ3n) is 9.06. The van der Waals surface area contributed by atoms with Gasteiger partial charge in [-0.2, -0.15) is 17.4 Å². The number of rotatable bonds is 10. The number of benzene rings is 2. The van der Waals surface area contributed by atoms with E-state index in [0.29, 0.717) is 18.9 Å². The van der Waals surface area contributed by atoms with Crippen molar-refractivity contribution in [3.8, 4) is 17.0 Å². The molecule has 1 aliphatic heterocycles. The maximum atomic E-state index is 13.4. The van der Waals surface area contributed by atoms with Gasteiger partial charge in [-0.3, -0.25) is 4.79 Å². The van der Waals surface area contributed by atoms with E-state index in [1.807, 2.05) is 26.0 Å². The van der Waals surface area contributed by atoms with Gasteiger partial charge in [0.25, 0.3) is 10.2 Å². The number of amides is 3. The Bertz CT molecular complexity index is 1690. The molecule has 1 fully saturated rings. The zero-order chi connectivity index (χ0) is 33.2. The number of carbonyl (C=O) groups excluding carboxylic acids is 2. The molecule has 3 N–H and O–H groups in total. The van der Waals surface area contributed by atoms with Gasteiger partial charge in [-0.1, -0.05) is 31.4 Å². The highest BCUT2D eigenvalue weighted by Gasteiger charge is 2.32. The van der Waals surface area contributed by atoms with Gasteiger partial charge in [0.2, 0.25) is 5.91 Å². The summed E-state index contributed by atoms with van der Waals surface area (Å²) in [5.74, 6) is 0.944. The normalized spacial score (nSPS) is 17.0. The van der Waals surface area contributed by atoms with Gasteiger partial charge in [0, 0.05) is 56.7 Å². The van der Waals surface area contributed by atoms with Crippen LogP contribution in [0.3, 0.4) is 0 Å². The van der Waals surface area contributed by atoms with Gasteiger partial charge in [0.1, 0.15) is 12.3 Å². The van der Waals surface area contributed by atoms with Crippen LogP contribution in [0.2, 0.25) is 0 Å². The fraction of sp³-hybridized carbons (Fsp3) is 0.529. The van der Waals surface area contributed by atoms with Crippen LogP contribution in [0.25, 0.3) is 22.2 Å². The van der Waals surface area contributed by atoms with Crippen molar-refractivity contribution < 1.29 is 22.7 Å². The topological polar surface area (TPSA) is 125 Å². The van der Waals surface area contributed by atoms with E-state index >= 15 is 0 Å². The molecule has 2 heterocycles. The molecular weight excluding hydrogens is 604 g/mol. The molecule has 2 aromatic carbocycles. The second kappa shape index (κ2) is 14.0. The van der Waals surface area contributed by atoms with Gasteiger partial charge in [-0.25, -0.2) is 4.79 Å². The van der Waals surface area contributed by atoms with Crippen LogP contribution in [0.4, 0.5) is 4.79 Å². The highest BCUT2D eigenvalue weighted by Crippen LogP contribution is 2.46. The van der Waals surface area contributed by atoms with E-state index < -0.39 is 10.2 Å². The first-order valence-electron chi connectivity index (χ1n) is 16.2. The zero-order valence-electron chi connectivity index (χ0n) is 27.9. The summed E-state index contributed by atoms with van der Waals surface area (Å²) >= 11 is 0. The standard InChI is InChI=1S/C34H48N6O5S/c1-22(2)36-31(41)21-39(5)34(42)37-26-17-25-18-27(45-6)13-15-28(25)33-32(24-10-8-7-9-11-24)29-14-12-23(16-30(29)40(33)20-26)19-35-46(43,44)38(3)4/h12-16,18,22,24,26,35H,7-11,17,19-21H2,1-6H3,(H,36,41)(H,37,42). The number of aromatic nitrogens is 1. The first-order chi connectivity index (χ1) is 21.9. The lowest BCUT2D eigenvalue weighted by Crippen LogP contribution is -2.48. The van der Waals surface area contributed by atoms with E-state index in [9.17, 15) is 18.0 Å². The number of nitrogens with zero attached hydrogens (tertiary/aromatic N) is 3. The summed E-state index contributed by atoms with van der Waals surface area (Å²) < 4.78 is 36.8. The first kappa shape index (κ1) is 33.7. The quantitative estimate of drug-likeness (QED) is 0.301. The summed E-state index contributed by atoms with van der Waals surface area (Å²) in [7, 11) is 2.70. The Labute approximate surface area is 272 Å². The van der Waals surface area contributed by atoms with Crippen LogP contribution in [-0.2, 0) is 34.5 Å². The van der Waals surface area contributed by atoms with Crippen molar-refractivity contribution in [3.63, 3.8) is 0 Å². The molecule has 0 spiro atoms. The van der Waals surface area contributed by atoms with Gasteiger partial charge in [0.15, 0.2) is 0 Å². The van der Waals surface area contributed by atoms with Gasteiger partial charge in [-0.05, 0) is 80.0 Å². The highest BCUT2D eigenvalue weighted by molar-refractivity contribution is 7.87. The second-order valence-corrected chi connectivity index (χ2v) is 15.1. The number of methoxy groups -OCH3 is 1. The molecule has 1 atom stereocenters. The lowest BCUT2D eigenvalue weighted by Gasteiger charge is -2.24. The molecule has 3 amide bonds. The van der Waals surface area contributed by atoms with Crippen LogP contribution in [-0.4, -0.2) is 81.0 Å². The lowest BCUT2D eigenvalue weighted by atomic mass is 9.81. The summed E-state index contributed by atoms with van der Waals surface area (Å²) in [6.07, 6.45) is 6.43.